The van der Waals surface area contributed by atoms with Crippen LogP contribution in [-0.4, -0.2) is 56.5 Å². The molecule has 0 spiro atoms. The number of urea groups is 1. The minimum absolute atomic E-state index is 0.0581. The van der Waals surface area contributed by atoms with E-state index in [2.05, 4.69) is 51.0 Å². The number of aryl methyl sites for hydroxylation is 1. The van der Waals surface area contributed by atoms with Crippen LogP contribution in [-0.2, 0) is 13.1 Å². The minimum Gasteiger partial charge on any atom is -0.467 e. The summed E-state index contributed by atoms with van der Waals surface area (Å²) in [4.78, 5) is 26.1. The maximum Gasteiger partial charge on any atom is 0.317 e. The molecule has 1 saturated heterocycles. The molecule has 32 heavy (non-hydrogen) atoms. The second-order valence-corrected chi connectivity index (χ2v) is 8.05. The highest BCUT2D eigenvalue weighted by molar-refractivity contribution is 5.74. The van der Waals surface area contributed by atoms with Gasteiger partial charge in [0, 0.05) is 38.1 Å². The first-order valence-corrected chi connectivity index (χ1v) is 10.8. The molecule has 2 amide bonds. The number of aromatic nitrogens is 3. The first kappa shape index (κ1) is 20.3. The minimum atomic E-state index is -0.0581. The number of pyridine rings is 1. The summed E-state index contributed by atoms with van der Waals surface area (Å²) in [5.41, 5.74) is 4.02. The number of amides is 2. The SMILES string of the molecule is Cc1cccc(-n2c(CN3CCN(C(=O)NCc4ccco4)CC3)nc3cccnc32)c1. The molecule has 0 saturated carbocycles. The molecule has 0 unspecified atom stereocenters. The fourth-order valence-corrected chi connectivity index (χ4v) is 4.10. The Morgan fingerprint density at radius 2 is 1.97 bits per heavy atom. The lowest BCUT2D eigenvalue weighted by Gasteiger charge is -2.34. The number of hydrogen-bond acceptors (Lipinski definition) is 5. The normalized spacial score (nSPS) is 14.7. The highest BCUT2D eigenvalue weighted by Gasteiger charge is 2.23. The number of imidazole rings is 1. The molecule has 0 atom stereocenters. The number of piperazine rings is 1. The summed E-state index contributed by atoms with van der Waals surface area (Å²) >= 11 is 0. The summed E-state index contributed by atoms with van der Waals surface area (Å²) in [6, 6.07) is 15.9. The zero-order valence-electron chi connectivity index (χ0n) is 18.1. The van der Waals surface area contributed by atoms with Crippen LogP contribution in [0.4, 0.5) is 4.79 Å². The molecule has 1 aliphatic rings. The standard InChI is InChI=1S/C24H26N6O2/c1-18-5-2-6-19(15-18)30-22(27-21-8-3-9-25-23(21)30)17-28-10-12-29(13-11-28)24(31)26-16-20-7-4-14-32-20/h2-9,14-15H,10-13,16-17H2,1H3,(H,26,31). The van der Waals surface area contributed by atoms with Gasteiger partial charge >= 0.3 is 6.03 Å². The molecular weight excluding hydrogens is 404 g/mol. The quantitative estimate of drug-likeness (QED) is 0.525. The average Bonchev–Trinajstić information content (AvgIpc) is 3.45. The fourth-order valence-electron chi connectivity index (χ4n) is 4.10. The van der Waals surface area contributed by atoms with Gasteiger partial charge in [-0.2, -0.15) is 0 Å². The Bertz CT molecular complexity index is 1210. The van der Waals surface area contributed by atoms with Crippen LogP contribution in [0.15, 0.2) is 65.4 Å². The van der Waals surface area contributed by atoms with E-state index in [1.165, 1.54) is 5.56 Å². The van der Waals surface area contributed by atoms with Crippen LogP contribution in [0.2, 0.25) is 0 Å². The van der Waals surface area contributed by atoms with E-state index in [9.17, 15) is 4.79 Å². The monoisotopic (exact) mass is 430 g/mol. The van der Waals surface area contributed by atoms with Crippen molar-refractivity contribution in [1.29, 1.82) is 0 Å². The highest BCUT2D eigenvalue weighted by Crippen LogP contribution is 2.22. The Morgan fingerprint density at radius 1 is 1.09 bits per heavy atom. The van der Waals surface area contributed by atoms with Crippen molar-refractivity contribution >= 4 is 17.2 Å². The zero-order valence-corrected chi connectivity index (χ0v) is 18.1. The molecule has 1 fully saturated rings. The number of fused-ring (bicyclic) bond motifs is 1. The second-order valence-electron chi connectivity index (χ2n) is 8.05. The summed E-state index contributed by atoms with van der Waals surface area (Å²) in [7, 11) is 0. The predicted molar refractivity (Wildman–Crippen MR) is 121 cm³/mol. The van der Waals surface area contributed by atoms with Crippen molar-refractivity contribution in [3.05, 3.63) is 78.1 Å². The maximum atomic E-state index is 12.5. The van der Waals surface area contributed by atoms with E-state index >= 15 is 0 Å². The van der Waals surface area contributed by atoms with Crippen molar-refractivity contribution in [1.82, 2.24) is 29.7 Å². The van der Waals surface area contributed by atoms with Gasteiger partial charge in [0.15, 0.2) is 5.65 Å². The van der Waals surface area contributed by atoms with Crippen molar-refractivity contribution in [3.8, 4) is 5.69 Å². The molecule has 3 aromatic heterocycles. The van der Waals surface area contributed by atoms with Crippen LogP contribution in [0.3, 0.4) is 0 Å². The Balaban J connectivity index is 1.28. The van der Waals surface area contributed by atoms with E-state index < -0.39 is 0 Å². The summed E-state index contributed by atoms with van der Waals surface area (Å²) in [6.45, 7) is 6.12. The number of furan rings is 1. The first-order valence-electron chi connectivity index (χ1n) is 10.8. The van der Waals surface area contributed by atoms with Gasteiger partial charge < -0.3 is 14.6 Å². The van der Waals surface area contributed by atoms with Crippen molar-refractivity contribution in [3.63, 3.8) is 0 Å². The van der Waals surface area contributed by atoms with Crippen LogP contribution < -0.4 is 5.32 Å². The van der Waals surface area contributed by atoms with E-state index in [1.54, 1.807) is 12.5 Å². The summed E-state index contributed by atoms with van der Waals surface area (Å²) in [5.74, 6) is 1.71. The number of nitrogens with one attached hydrogen (secondary N) is 1. The third kappa shape index (κ3) is 4.22. The van der Waals surface area contributed by atoms with Gasteiger partial charge in [-0.15, -0.1) is 0 Å². The van der Waals surface area contributed by atoms with Gasteiger partial charge in [0.25, 0.3) is 0 Å². The average molecular weight is 431 g/mol. The largest absolute Gasteiger partial charge is 0.467 e. The Labute approximate surface area is 186 Å². The zero-order chi connectivity index (χ0) is 21.9. The van der Waals surface area contributed by atoms with Crippen molar-refractivity contribution in [2.45, 2.75) is 20.0 Å². The van der Waals surface area contributed by atoms with Crippen LogP contribution in [0.25, 0.3) is 16.9 Å². The number of hydrogen-bond donors (Lipinski definition) is 1. The molecule has 4 aromatic rings. The molecule has 1 aliphatic heterocycles. The van der Waals surface area contributed by atoms with Crippen LogP contribution in [0.1, 0.15) is 17.1 Å². The van der Waals surface area contributed by atoms with Gasteiger partial charge in [-0.1, -0.05) is 12.1 Å². The van der Waals surface area contributed by atoms with Crippen LogP contribution in [0, 0.1) is 6.92 Å². The summed E-state index contributed by atoms with van der Waals surface area (Å²) in [6.07, 6.45) is 3.42. The lowest BCUT2D eigenvalue weighted by molar-refractivity contribution is 0.132. The molecule has 0 bridgehead atoms. The van der Waals surface area contributed by atoms with Gasteiger partial charge in [-0.25, -0.2) is 14.8 Å². The molecule has 8 heteroatoms. The van der Waals surface area contributed by atoms with Gasteiger partial charge in [-0.3, -0.25) is 9.47 Å². The van der Waals surface area contributed by atoms with E-state index in [4.69, 9.17) is 9.40 Å². The number of rotatable bonds is 5. The molecular formula is C24H26N6O2. The van der Waals surface area contributed by atoms with Gasteiger partial charge in [0.2, 0.25) is 0 Å². The third-order valence-electron chi connectivity index (χ3n) is 5.76. The number of benzene rings is 1. The highest BCUT2D eigenvalue weighted by atomic mass is 16.3. The molecule has 4 heterocycles. The topological polar surface area (TPSA) is 79.4 Å². The Kier molecular flexibility index (Phi) is 5.60. The number of nitrogens with zero attached hydrogens (tertiary/aromatic N) is 5. The smallest absolute Gasteiger partial charge is 0.317 e. The number of carbonyl (C=O) groups is 1. The van der Waals surface area contributed by atoms with Gasteiger partial charge in [0.1, 0.15) is 17.1 Å². The predicted octanol–water partition coefficient (Wildman–Crippen LogP) is 3.35. The molecule has 0 aliphatic carbocycles. The van der Waals surface area contributed by atoms with E-state index in [-0.39, 0.29) is 6.03 Å². The summed E-state index contributed by atoms with van der Waals surface area (Å²) in [5, 5.41) is 2.92. The van der Waals surface area contributed by atoms with E-state index in [0.29, 0.717) is 26.2 Å². The van der Waals surface area contributed by atoms with Gasteiger partial charge in [0.05, 0.1) is 19.4 Å². The second kappa shape index (κ2) is 8.84. The van der Waals surface area contributed by atoms with Gasteiger partial charge in [-0.05, 0) is 48.9 Å². The van der Waals surface area contributed by atoms with Crippen molar-refractivity contribution < 1.29 is 9.21 Å². The van der Waals surface area contributed by atoms with Crippen LogP contribution >= 0.6 is 0 Å². The molecule has 1 N–H and O–H groups in total. The fraction of sp³-hybridized carbons (Fsp3) is 0.292. The lowest BCUT2D eigenvalue weighted by Crippen LogP contribution is -2.51. The van der Waals surface area contributed by atoms with Crippen molar-refractivity contribution in [2.75, 3.05) is 26.2 Å². The number of carbonyl (C=O) groups excluding carboxylic acids is 1. The first-order chi connectivity index (χ1) is 15.7. The lowest BCUT2D eigenvalue weighted by atomic mass is 10.2. The molecule has 0 radical (unpaired) electrons. The maximum absolute atomic E-state index is 12.5. The van der Waals surface area contributed by atoms with E-state index in [1.807, 2.05) is 29.2 Å². The molecule has 8 nitrogen and oxygen atoms in total. The van der Waals surface area contributed by atoms with Crippen molar-refractivity contribution in [2.24, 2.45) is 0 Å². The molecule has 5 rings (SSSR count). The Hall–Kier alpha value is -3.65. The van der Waals surface area contributed by atoms with Crippen LogP contribution in [0.5, 0.6) is 0 Å². The molecule has 164 valence electrons. The third-order valence-corrected chi connectivity index (χ3v) is 5.76. The summed E-state index contributed by atoms with van der Waals surface area (Å²) < 4.78 is 7.42. The van der Waals surface area contributed by atoms with E-state index in [0.717, 1.165) is 41.5 Å². The Morgan fingerprint density at radius 3 is 2.75 bits per heavy atom. The molecule has 1 aromatic carbocycles.